The lowest BCUT2D eigenvalue weighted by molar-refractivity contribution is 0.625. The van der Waals surface area contributed by atoms with Crippen LogP contribution in [0, 0.1) is 12.7 Å². The molecule has 2 rings (SSSR count). The maximum atomic E-state index is 12.9. The van der Waals surface area contributed by atoms with Gasteiger partial charge in [0.25, 0.3) is 5.56 Å². The first kappa shape index (κ1) is 8.74. The van der Waals surface area contributed by atoms with Crippen LogP contribution in [-0.4, -0.2) is 9.78 Å². The Morgan fingerprint density at radius 1 is 1.36 bits per heavy atom. The van der Waals surface area contributed by atoms with Crippen LogP contribution in [0.3, 0.4) is 0 Å². The molecule has 2 aromatic rings. The van der Waals surface area contributed by atoms with Gasteiger partial charge in [-0.25, -0.2) is 4.39 Å². The van der Waals surface area contributed by atoms with Crippen molar-refractivity contribution in [1.82, 2.24) is 9.78 Å². The van der Waals surface area contributed by atoms with E-state index in [1.165, 1.54) is 18.2 Å². The van der Waals surface area contributed by atoms with Crippen LogP contribution in [0.4, 0.5) is 4.39 Å². The molecule has 0 fully saturated rings. The number of rotatable bonds is 1. The van der Waals surface area contributed by atoms with Crippen molar-refractivity contribution in [2.45, 2.75) is 6.92 Å². The van der Waals surface area contributed by atoms with Gasteiger partial charge in [-0.2, -0.15) is 0 Å². The number of aromatic nitrogens is 2. The van der Waals surface area contributed by atoms with E-state index < -0.39 is 0 Å². The first-order valence-corrected chi connectivity index (χ1v) is 4.21. The van der Waals surface area contributed by atoms with Crippen LogP contribution in [0.15, 0.2) is 35.1 Å². The van der Waals surface area contributed by atoms with Crippen LogP contribution in [0.25, 0.3) is 5.69 Å². The summed E-state index contributed by atoms with van der Waals surface area (Å²) in [5, 5.41) is 2.58. The Labute approximate surface area is 79.8 Å². The molecule has 14 heavy (non-hydrogen) atoms. The monoisotopic (exact) mass is 192 g/mol. The van der Waals surface area contributed by atoms with E-state index >= 15 is 0 Å². The molecule has 0 bridgehead atoms. The molecule has 0 unspecified atom stereocenters. The van der Waals surface area contributed by atoms with Crippen molar-refractivity contribution in [3.05, 3.63) is 52.2 Å². The minimum absolute atomic E-state index is 0.188. The van der Waals surface area contributed by atoms with Gasteiger partial charge in [0.05, 0.1) is 5.69 Å². The lowest BCUT2D eigenvalue weighted by Gasteiger charge is -2.04. The predicted octanol–water partition coefficient (Wildman–Crippen LogP) is 1.61. The Morgan fingerprint density at radius 3 is 2.71 bits per heavy atom. The number of nitrogens with one attached hydrogen (secondary N) is 1. The molecule has 0 saturated carbocycles. The summed E-state index contributed by atoms with van der Waals surface area (Å²) in [6.45, 7) is 1.78. The SMILES string of the molecule is Cc1cc(=O)[nH]n1-c1cccc(F)c1. The Morgan fingerprint density at radius 2 is 2.14 bits per heavy atom. The highest BCUT2D eigenvalue weighted by atomic mass is 19.1. The average Bonchev–Trinajstić information content (AvgIpc) is 2.45. The molecular formula is C10H9FN2O. The molecule has 1 aromatic carbocycles. The van der Waals surface area contributed by atoms with E-state index in [9.17, 15) is 9.18 Å². The van der Waals surface area contributed by atoms with Crippen molar-refractivity contribution >= 4 is 0 Å². The zero-order valence-corrected chi connectivity index (χ0v) is 7.62. The van der Waals surface area contributed by atoms with E-state index in [0.29, 0.717) is 5.69 Å². The Balaban J connectivity index is 2.59. The van der Waals surface area contributed by atoms with E-state index in [1.54, 1.807) is 23.7 Å². The fourth-order valence-electron chi connectivity index (χ4n) is 1.37. The van der Waals surface area contributed by atoms with Crippen LogP contribution < -0.4 is 5.56 Å². The molecule has 0 amide bonds. The first-order valence-electron chi connectivity index (χ1n) is 4.21. The highest BCUT2D eigenvalue weighted by molar-refractivity contribution is 5.32. The molecule has 0 atom stereocenters. The third kappa shape index (κ3) is 1.46. The molecule has 1 aromatic heterocycles. The molecule has 1 N–H and O–H groups in total. The summed E-state index contributed by atoms with van der Waals surface area (Å²) in [5.41, 5.74) is 1.18. The fourth-order valence-corrected chi connectivity index (χ4v) is 1.37. The summed E-state index contributed by atoms with van der Waals surface area (Å²) in [7, 11) is 0. The largest absolute Gasteiger partial charge is 0.268 e. The molecule has 0 aliphatic rings. The number of aryl methyl sites for hydroxylation is 1. The minimum atomic E-state index is -0.323. The van der Waals surface area contributed by atoms with Gasteiger partial charge in [-0.3, -0.25) is 14.6 Å². The van der Waals surface area contributed by atoms with Gasteiger partial charge in [0.1, 0.15) is 5.82 Å². The Bertz CT molecular complexity index is 513. The molecule has 0 aliphatic heterocycles. The summed E-state index contributed by atoms with van der Waals surface area (Å²) in [6, 6.07) is 7.52. The fraction of sp³-hybridized carbons (Fsp3) is 0.100. The number of hydrogen-bond acceptors (Lipinski definition) is 1. The third-order valence-corrected chi connectivity index (χ3v) is 1.98. The molecule has 4 heteroatoms. The van der Waals surface area contributed by atoms with Crippen molar-refractivity contribution in [2.24, 2.45) is 0 Å². The van der Waals surface area contributed by atoms with Crippen LogP contribution in [0.2, 0.25) is 0 Å². The number of benzene rings is 1. The summed E-state index contributed by atoms with van der Waals surface area (Å²) >= 11 is 0. The van der Waals surface area contributed by atoms with Crippen molar-refractivity contribution in [2.75, 3.05) is 0 Å². The molecule has 0 spiro atoms. The van der Waals surface area contributed by atoms with Gasteiger partial charge in [0.15, 0.2) is 0 Å². The quantitative estimate of drug-likeness (QED) is 0.732. The summed E-state index contributed by atoms with van der Waals surface area (Å²) in [5.74, 6) is -0.323. The third-order valence-electron chi connectivity index (χ3n) is 1.98. The van der Waals surface area contributed by atoms with Crippen LogP contribution in [0.1, 0.15) is 5.69 Å². The van der Waals surface area contributed by atoms with Gasteiger partial charge in [-0.1, -0.05) is 6.07 Å². The van der Waals surface area contributed by atoms with Crippen molar-refractivity contribution < 1.29 is 4.39 Å². The van der Waals surface area contributed by atoms with E-state index in [0.717, 1.165) is 5.69 Å². The van der Waals surface area contributed by atoms with E-state index in [-0.39, 0.29) is 11.4 Å². The molecular weight excluding hydrogens is 183 g/mol. The van der Waals surface area contributed by atoms with Gasteiger partial charge >= 0.3 is 0 Å². The number of halogens is 1. The van der Waals surface area contributed by atoms with Gasteiger partial charge < -0.3 is 0 Å². The number of H-pyrrole nitrogens is 1. The molecule has 3 nitrogen and oxygen atoms in total. The minimum Gasteiger partial charge on any atom is -0.268 e. The topological polar surface area (TPSA) is 37.8 Å². The lowest BCUT2D eigenvalue weighted by atomic mass is 10.3. The standard InChI is InChI=1S/C10H9FN2O/c1-7-5-10(14)12-13(7)9-4-2-3-8(11)6-9/h2-6H,1H3,(H,12,14). The van der Waals surface area contributed by atoms with Gasteiger partial charge in [0.2, 0.25) is 0 Å². The predicted molar refractivity (Wildman–Crippen MR) is 51.1 cm³/mol. The van der Waals surface area contributed by atoms with Crippen molar-refractivity contribution in [1.29, 1.82) is 0 Å². The Kier molecular flexibility index (Phi) is 1.96. The molecule has 1 heterocycles. The van der Waals surface area contributed by atoms with Crippen molar-refractivity contribution in [3.63, 3.8) is 0 Å². The second-order valence-electron chi connectivity index (χ2n) is 3.08. The van der Waals surface area contributed by atoms with Crippen LogP contribution >= 0.6 is 0 Å². The van der Waals surface area contributed by atoms with Crippen molar-refractivity contribution in [3.8, 4) is 5.69 Å². The van der Waals surface area contributed by atoms with E-state index in [1.807, 2.05) is 0 Å². The van der Waals surface area contributed by atoms with Gasteiger partial charge in [-0.15, -0.1) is 0 Å². The normalized spacial score (nSPS) is 10.4. The molecule has 0 radical (unpaired) electrons. The smallest absolute Gasteiger partial charge is 0.264 e. The van der Waals surface area contributed by atoms with Crippen LogP contribution in [-0.2, 0) is 0 Å². The molecule has 0 aliphatic carbocycles. The first-order chi connectivity index (χ1) is 6.66. The summed E-state index contributed by atoms with van der Waals surface area (Å²) in [6.07, 6.45) is 0. The number of hydrogen-bond donors (Lipinski definition) is 1. The molecule has 72 valence electrons. The summed E-state index contributed by atoms with van der Waals surface area (Å²) < 4.78 is 14.4. The number of nitrogens with zero attached hydrogens (tertiary/aromatic N) is 1. The number of aromatic amines is 1. The second kappa shape index (κ2) is 3.14. The summed E-state index contributed by atoms with van der Waals surface area (Å²) in [4.78, 5) is 11.0. The van der Waals surface area contributed by atoms with Crippen LogP contribution in [0.5, 0.6) is 0 Å². The maximum absolute atomic E-state index is 12.9. The molecule has 0 saturated heterocycles. The average molecular weight is 192 g/mol. The zero-order valence-electron chi connectivity index (χ0n) is 7.62. The van der Waals surface area contributed by atoms with Gasteiger partial charge in [-0.05, 0) is 25.1 Å². The maximum Gasteiger partial charge on any atom is 0.264 e. The van der Waals surface area contributed by atoms with Gasteiger partial charge in [0, 0.05) is 11.8 Å². The second-order valence-corrected chi connectivity index (χ2v) is 3.08. The lowest BCUT2D eigenvalue weighted by Crippen LogP contribution is -2.04. The Hall–Kier alpha value is -1.84. The highest BCUT2D eigenvalue weighted by Crippen LogP contribution is 2.09. The van der Waals surface area contributed by atoms with E-state index in [4.69, 9.17) is 0 Å². The van der Waals surface area contributed by atoms with E-state index in [2.05, 4.69) is 5.10 Å². The zero-order chi connectivity index (χ0) is 10.1. The highest BCUT2D eigenvalue weighted by Gasteiger charge is 2.02.